The summed E-state index contributed by atoms with van der Waals surface area (Å²) < 4.78 is 11.8. The Balaban J connectivity index is 1.57. The minimum Gasteiger partial charge on any atom is -0.444 e. The van der Waals surface area contributed by atoms with Gasteiger partial charge in [-0.25, -0.2) is 4.79 Å². The molecule has 2 saturated heterocycles. The predicted molar refractivity (Wildman–Crippen MR) is 93.9 cm³/mol. The van der Waals surface area contributed by atoms with Crippen LogP contribution in [0.5, 0.6) is 0 Å². The second-order valence-corrected chi connectivity index (χ2v) is 8.10. The number of fused-ring (bicyclic) bond motifs is 2. The molecule has 2 heterocycles. The largest absolute Gasteiger partial charge is 0.444 e. The fraction of sp³-hybridized carbons (Fsp3) is 0.650. The number of carbonyl (C=O) groups excluding carboxylic acids is 1. The van der Waals surface area contributed by atoms with E-state index < -0.39 is 5.60 Å². The summed E-state index contributed by atoms with van der Waals surface area (Å²) in [7, 11) is 0. The molecule has 1 amide bonds. The molecule has 2 bridgehead atoms. The molecule has 2 aliphatic heterocycles. The van der Waals surface area contributed by atoms with Crippen molar-refractivity contribution in [3.63, 3.8) is 0 Å². The first kappa shape index (κ1) is 17.3. The maximum Gasteiger partial charge on any atom is 0.410 e. The fourth-order valence-corrected chi connectivity index (χ4v) is 3.86. The van der Waals surface area contributed by atoms with Crippen LogP contribution in [0.25, 0.3) is 0 Å². The van der Waals surface area contributed by atoms with Crippen LogP contribution in [-0.2, 0) is 16.1 Å². The van der Waals surface area contributed by atoms with Crippen molar-refractivity contribution in [3.8, 4) is 0 Å². The van der Waals surface area contributed by atoms with Gasteiger partial charge in [0, 0.05) is 12.1 Å². The molecule has 1 unspecified atom stereocenters. The Bertz CT molecular complexity index is 579. The number of hydrogen-bond acceptors (Lipinski definition) is 3. The van der Waals surface area contributed by atoms with E-state index in [2.05, 4.69) is 31.2 Å². The highest BCUT2D eigenvalue weighted by Crippen LogP contribution is 2.38. The van der Waals surface area contributed by atoms with Crippen molar-refractivity contribution in [2.24, 2.45) is 0 Å². The Hall–Kier alpha value is -1.55. The molecule has 0 aromatic heterocycles. The maximum absolute atomic E-state index is 12.5. The second kappa shape index (κ2) is 6.75. The third kappa shape index (κ3) is 3.92. The normalized spacial score (nSPS) is 26.5. The lowest BCUT2D eigenvalue weighted by Crippen LogP contribution is -2.50. The topological polar surface area (TPSA) is 38.8 Å². The van der Waals surface area contributed by atoms with Crippen LogP contribution in [0.2, 0.25) is 0 Å². The lowest BCUT2D eigenvalue weighted by molar-refractivity contribution is -0.0397. The van der Waals surface area contributed by atoms with Gasteiger partial charge in [-0.1, -0.05) is 24.3 Å². The number of piperidine rings is 1. The summed E-state index contributed by atoms with van der Waals surface area (Å²) in [4.78, 5) is 14.4. The van der Waals surface area contributed by atoms with E-state index in [0.717, 1.165) is 25.7 Å². The van der Waals surface area contributed by atoms with E-state index in [-0.39, 0.29) is 24.3 Å². The van der Waals surface area contributed by atoms with Gasteiger partial charge in [0.15, 0.2) is 0 Å². The van der Waals surface area contributed by atoms with E-state index in [9.17, 15) is 4.79 Å². The zero-order valence-corrected chi connectivity index (χ0v) is 15.2. The molecule has 3 rings (SSSR count). The van der Waals surface area contributed by atoms with Gasteiger partial charge in [0.2, 0.25) is 0 Å². The first-order chi connectivity index (χ1) is 11.3. The van der Waals surface area contributed by atoms with Gasteiger partial charge in [-0.15, -0.1) is 0 Å². The summed E-state index contributed by atoms with van der Waals surface area (Å²) in [5.74, 6) is 0. The van der Waals surface area contributed by atoms with Crippen molar-refractivity contribution in [1.29, 1.82) is 0 Å². The van der Waals surface area contributed by atoms with Crippen molar-refractivity contribution < 1.29 is 14.3 Å². The number of carbonyl (C=O) groups is 1. The molecule has 4 nitrogen and oxygen atoms in total. The first-order valence-electron chi connectivity index (χ1n) is 9.01. The number of nitrogens with zero attached hydrogens (tertiary/aromatic N) is 1. The van der Waals surface area contributed by atoms with Gasteiger partial charge in [-0.3, -0.25) is 0 Å². The quantitative estimate of drug-likeness (QED) is 0.822. The predicted octanol–water partition coefficient (Wildman–Crippen LogP) is 4.44. The Morgan fingerprint density at radius 1 is 1.17 bits per heavy atom. The smallest absolute Gasteiger partial charge is 0.410 e. The lowest BCUT2D eigenvalue weighted by Gasteiger charge is -2.39. The SMILES string of the molecule is Cc1ccccc1COC1C[C@H]2CC[C@@H](C1)N2C(=O)OC(C)(C)C. The highest BCUT2D eigenvalue weighted by Gasteiger charge is 2.45. The summed E-state index contributed by atoms with van der Waals surface area (Å²) >= 11 is 0. The molecule has 1 aromatic rings. The van der Waals surface area contributed by atoms with Gasteiger partial charge >= 0.3 is 6.09 Å². The Morgan fingerprint density at radius 3 is 2.38 bits per heavy atom. The molecule has 0 aliphatic carbocycles. The average Bonchev–Trinajstić information content (AvgIpc) is 2.76. The zero-order valence-electron chi connectivity index (χ0n) is 15.2. The highest BCUT2D eigenvalue weighted by atomic mass is 16.6. The van der Waals surface area contributed by atoms with Crippen molar-refractivity contribution in [1.82, 2.24) is 4.90 Å². The van der Waals surface area contributed by atoms with Crippen LogP contribution in [0, 0.1) is 6.92 Å². The summed E-state index contributed by atoms with van der Waals surface area (Å²) in [6.45, 7) is 8.54. The monoisotopic (exact) mass is 331 g/mol. The van der Waals surface area contributed by atoms with Crippen molar-refractivity contribution >= 4 is 6.09 Å². The summed E-state index contributed by atoms with van der Waals surface area (Å²) in [5.41, 5.74) is 2.08. The third-order valence-electron chi connectivity index (χ3n) is 5.03. The first-order valence-corrected chi connectivity index (χ1v) is 9.01. The van der Waals surface area contributed by atoms with Crippen molar-refractivity contribution in [2.75, 3.05) is 0 Å². The number of benzene rings is 1. The fourth-order valence-electron chi connectivity index (χ4n) is 3.86. The van der Waals surface area contributed by atoms with E-state index >= 15 is 0 Å². The van der Waals surface area contributed by atoms with Gasteiger partial charge in [0.05, 0.1) is 12.7 Å². The molecule has 0 N–H and O–H groups in total. The number of hydrogen-bond donors (Lipinski definition) is 0. The Kier molecular flexibility index (Phi) is 4.86. The van der Waals surface area contributed by atoms with Gasteiger partial charge in [-0.05, 0) is 64.5 Å². The Labute approximate surface area is 145 Å². The minimum atomic E-state index is -0.436. The number of aryl methyl sites for hydroxylation is 1. The second-order valence-electron chi connectivity index (χ2n) is 8.10. The maximum atomic E-state index is 12.5. The lowest BCUT2D eigenvalue weighted by atomic mass is 10.00. The molecular weight excluding hydrogens is 302 g/mol. The number of ether oxygens (including phenoxy) is 2. The van der Waals surface area contributed by atoms with Gasteiger partial charge in [0.25, 0.3) is 0 Å². The third-order valence-corrected chi connectivity index (χ3v) is 5.03. The van der Waals surface area contributed by atoms with E-state index in [4.69, 9.17) is 9.47 Å². The van der Waals surface area contributed by atoms with Crippen LogP contribution in [0.3, 0.4) is 0 Å². The molecule has 0 saturated carbocycles. The summed E-state index contributed by atoms with van der Waals surface area (Å²) in [6, 6.07) is 8.88. The van der Waals surface area contributed by atoms with Crippen LogP contribution in [0.1, 0.15) is 57.6 Å². The number of rotatable bonds is 3. The van der Waals surface area contributed by atoms with Gasteiger partial charge in [0.1, 0.15) is 5.60 Å². The van der Waals surface area contributed by atoms with Crippen LogP contribution in [0.4, 0.5) is 4.79 Å². The Morgan fingerprint density at radius 2 is 1.79 bits per heavy atom. The van der Waals surface area contributed by atoms with Crippen LogP contribution in [-0.4, -0.2) is 34.8 Å². The van der Waals surface area contributed by atoms with E-state index in [1.54, 1.807) is 0 Å². The molecule has 0 radical (unpaired) electrons. The van der Waals surface area contributed by atoms with Crippen LogP contribution < -0.4 is 0 Å². The molecule has 2 fully saturated rings. The van der Waals surface area contributed by atoms with E-state index in [0.29, 0.717) is 6.61 Å². The molecule has 132 valence electrons. The van der Waals surface area contributed by atoms with E-state index in [1.165, 1.54) is 11.1 Å². The number of amides is 1. The summed E-state index contributed by atoms with van der Waals surface area (Å²) in [6.07, 6.45) is 4.04. The van der Waals surface area contributed by atoms with Crippen LogP contribution in [0.15, 0.2) is 24.3 Å². The van der Waals surface area contributed by atoms with Crippen molar-refractivity contribution in [2.45, 2.75) is 83.8 Å². The average molecular weight is 331 g/mol. The molecule has 1 aromatic carbocycles. The molecule has 0 spiro atoms. The minimum absolute atomic E-state index is 0.160. The zero-order chi connectivity index (χ0) is 17.3. The summed E-state index contributed by atoms with van der Waals surface area (Å²) in [5, 5.41) is 0. The van der Waals surface area contributed by atoms with E-state index in [1.807, 2.05) is 25.7 Å². The van der Waals surface area contributed by atoms with Crippen LogP contribution >= 0.6 is 0 Å². The van der Waals surface area contributed by atoms with Gasteiger partial charge < -0.3 is 14.4 Å². The molecule has 3 atom stereocenters. The molecule has 2 aliphatic rings. The molecular formula is C20H29NO3. The van der Waals surface area contributed by atoms with Crippen molar-refractivity contribution in [3.05, 3.63) is 35.4 Å². The molecule has 4 heteroatoms. The standard InChI is InChI=1S/C20H29NO3/c1-14-7-5-6-8-15(14)13-23-18-11-16-9-10-17(12-18)21(16)19(22)24-20(2,3)4/h5-8,16-18H,9-13H2,1-4H3/t16-,17+,18?. The van der Waals surface area contributed by atoms with Gasteiger partial charge in [-0.2, -0.15) is 0 Å². The highest BCUT2D eigenvalue weighted by molar-refractivity contribution is 5.69. The molecule has 24 heavy (non-hydrogen) atoms.